The van der Waals surface area contributed by atoms with Crippen molar-refractivity contribution in [1.82, 2.24) is 15.5 Å². The summed E-state index contributed by atoms with van der Waals surface area (Å²) in [6, 6.07) is 9.28. The molecule has 0 aromatic heterocycles. The normalized spacial score (nSPS) is 20.5. The van der Waals surface area contributed by atoms with E-state index in [1.165, 1.54) is 11.3 Å². The summed E-state index contributed by atoms with van der Waals surface area (Å²) in [7, 11) is 0. The fourth-order valence-electron chi connectivity index (χ4n) is 4.10. The molecule has 0 aliphatic carbocycles. The van der Waals surface area contributed by atoms with E-state index in [9.17, 15) is 4.79 Å². The number of carbonyl (C=O) groups excluding carboxylic acids is 1. The van der Waals surface area contributed by atoms with E-state index < -0.39 is 0 Å². The third-order valence-electron chi connectivity index (χ3n) is 5.65. The first-order valence-corrected chi connectivity index (χ1v) is 10.7. The van der Waals surface area contributed by atoms with Crippen LogP contribution in [0.15, 0.2) is 29.3 Å². The highest BCUT2D eigenvalue weighted by atomic mass is 16.2. The summed E-state index contributed by atoms with van der Waals surface area (Å²) >= 11 is 0. The topological polar surface area (TPSA) is 60.0 Å². The van der Waals surface area contributed by atoms with Crippen LogP contribution in [0.4, 0.5) is 5.69 Å². The number of aliphatic imine (C=N–C) groups is 1. The minimum Gasteiger partial charge on any atom is -0.366 e. The van der Waals surface area contributed by atoms with Crippen molar-refractivity contribution in [2.75, 3.05) is 37.6 Å². The van der Waals surface area contributed by atoms with Crippen molar-refractivity contribution in [3.05, 3.63) is 29.8 Å². The molecule has 2 aliphatic heterocycles. The van der Waals surface area contributed by atoms with E-state index in [0.29, 0.717) is 6.04 Å². The number of nitrogens with zero attached hydrogens (tertiary/aromatic N) is 3. The molecule has 1 saturated heterocycles. The molecule has 1 amide bonds. The van der Waals surface area contributed by atoms with Gasteiger partial charge in [0.05, 0.1) is 6.54 Å². The summed E-state index contributed by atoms with van der Waals surface area (Å²) in [5, 5.41) is 6.89. The van der Waals surface area contributed by atoms with Gasteiger partial charge in [0.1, 0.15) is 0 Å². The van der Waals surface area contributed by atoms with Crippen LogP contribution in [0.5, 0.6) is 0 Å². The highest BCUT2D eigenvalue weighted by Crippen LogP contribution is 2.29. The first kappa shape index (κ1) is 20.5. The summed E-state index contributed by atoms with van der Waals surface area (Å²) < 4.78 is 0. The van der Waals surface area contributed by atoms with Gasteiger partial charge in [-0.15, -0.1) is 0 Å². The minimum atomic E-state index is 0.0600. The Morgan fingerprint density at radius 2 is 2.04 bits per heavy atom. The minimum absolute atomic E-state index is 0.0600. The molecule has 0 radical (unpaired) electrons. The lowest BCUT2D eigenvalue weighted by atomic mass is 10.2. The van der Waals surface area contributed by atoms with Crippen LogP contribution in [0.3, 0.4) is 0 Å². The van der Waals surface area contributed by atoms with Gasteiger partial charge in [-0.05, 0) is 38.3 Å². The Kier molecular flexibility index (Phi) is 6.81. The third kappa shape index (κ3) is 4.78. The fraction of sp³-hybridized carbons (Fsp3) is 0.636. The molecule has 0 bridgehead atoms. The van der Waals surface area contributed by atoms with E-state index in [-0.39, 0.29) is 17.9 Å². The monoisotopic (exact) mass is 385 g/mol. The van der Waals surface area contributed by atoms with Crippen LogP contribution in [-0.4, -0.2) is 61.6 Å². The number of amides is 1. The molecule has 2 unspecified atom stereocenters. The zero-order valence-corrected chi connectivity index (χ0v) is 17.7. The maximum Gasteiger partial charge on any atom is 0.225 e. The second-order valence-electron chi connectivity index (χ2n) is 8.21. The van der Waals surface area contributed by atoms with E-state index in [1.807, 2.05) is 18.7 Å². The first-order valence-electron chi connectivity index (χ1n) is 10.7. The summed E-state index contributed by atoms with van der Waals surface area (Å²) in [6.45, 7) is 12.5. The predicted octanol–water partition coefficient (Wildman–Crippen LogP) is 2.25. The van der Waals surface area contributed by atoms with E-state index in [1.54, 1.807) is 0 Å². The molecule has 1 aromatic carbocycles. The Morgan fingerprint density at radius 1 is 1.25 bits per heavy atom. The highest BCUT2D eigenvalue weighted by Gasteiger charge is 2.28. The maximum absolute atomic E-state index is 12.2. The number of carbonyl (C=O) groups is 1. The second kappa shape index (κ2) is 9.30. The number of nitrogens with one attached hydrogen (secondary N) is 2. The Morgan fingerprint density at radius 3 is 2.79 bits per heavy atom. The summed E-state index contributed by atoms with van der Waals surface area (Å²) in [4.78, 5) is 21.5. The number of rotatable bonds is 6. The molecule has 0 saturated carbocycles. The van der Waals surface area contributed by atoms with Gasteiger partial charge < -0.3 is 20.4 Å². The lowest BCUT2D eigenvalue weighted by Crippen LogP contribution is -2.46. The fourth-order valence-corrected chi connectivity index (χ4v) is 4.10. The van der Waals surface area contributed by atoms with Gasteiger partial charge in [-0.25, -0.2) is 0 Å². The molecule has 28 heavy (non-hydrogen) atoms. The molecule has 2 heterocycles. The Bertz CT molecular complexity index is 702. The number of fused-ring (bicyclic) bond motifs is 1. The van der Waals surface area contributed by atoms with Crippen molar-refractivity contribution in [3.63, 3.8) is 0 Å². The summed E-state index contributed by atoms with van der Waals surface area (Å²) in [5.41, 5.74) is 2.78. The number of guanidine groups is 1. The molecular formula is C22H35N5O. The van der Waals surface area contributed by atoms with E-state index in [4.69, 9.17) is 4.99 Å². The van der Waals surface area contributed by atoms with Gasteiger partial charge in [-0.2, -0.15) is 0 Å². The second-order valence-corrected chi connectivity index (χ2v) is 8.21. The standard InChI is InChI=1S/C22H35N5O/c1-5-23-22(25-19-11-12-26(15-19)21(28)16(2)3)24-14-17(4)27-13-10-18-8-6-7-9-20(18)27/h6-9,16-17,19H,5,10-15H2,1-4H3,(H2,23,24,25). The molecular weight excluding hydrogens is 350 g/mol. The Labute approximate surface area is 169 Å². The predicted molar refractivity (Wildman–Crippen MR) is 116 cm³/mol. The van der Waals surface area contributed by atoms with Crippen molar-refractivity contribution in [1.29, 1.82) is 0 Å². The van der Waals surface area contributed by atoms with Crippen molar-refractivity contribution in [2.24, 2.45) is 10.9 Å². The largest absolute Gasteiger partial charge is 0.366 e. The molecule has 0 spiro atoms. The van der Waals surface area contributed by atoms with E-state index in [0.717, 1.165) is 51.5 Å². The third-order valence-corrected chi connectivity index (χ3v) is 5.65. The molecule has 6 heteroatoms. The van der Waals surface area contributed by atoms with Crippen LogP contribution in [0.25, 0.3) is 0 Å². The lowest BCUT2D eigenvalue weighted by Gasteiger charge is -2.26. The highest BCUT2D eigenvalue weighted by molar-refractivity contribution is 5.81. The van der Waals surface area contributed by atoms with Gasteiger partial charge in [0.25, 0.3) is 0 Å². The average molecular weight is 386 g/mol. The van der Waals surface area contributed by atoms with Crippen LogP contribution < -0.4 is 15.5 Å². The van der Waals surface area contributed by atoms with Gasteiger partial charge >= 0.3 is 0 Å². The first-order chi connectivity index (χ1) is 13.5. The van der Waals surface area contributed by atoms with Crippen LogP contribution in [0, 0.1) is 5.92 Å². The molecule has 3 rings (SSSR count). The molecule has 6 nitrogen and oxygen atoms in total. The van der Waals surface area contributed by atoms with Crippen molar-refractivity contribution in [2.45, 2.75) is 52.6 Å². The zero-order valence-electron chi connectivity index (χ0n) is 17.7. The molecule has 2 aliphatic rings. The van der Waals surface area contributed by atoms with Gasteiger partial charge in [-0.3, -0.25) is 9.79 Å². The number of para-hydroxylation sites is 1. The van der Waals surface area contributed by atoms with Crippen LogP contribution in [0.1, 0.15) is 39.7 Å². The van der Waals surface area contributed by atoms with Gasteiger partial charge in [0.2, 0.25) is 5.91 Å². The lowest BCUT2D eigenvalue weighted by molar-refractivity contribution is -0.133. The van der Waals surface area contributed by atoms with Crippen molar-refractivity contribution in [3.8, 4) is 0 Å². The number of likely N-dealkylation sites (tertiary alicyclic amines) is 1. The zero-order chi connectivity index (χ0) is 20.1. The van der Waals surface area contributed by atoms with E-state index in [2.05, 4.69) is 53.6 Å². The quantitative estimate of drug-likeness (QED) is 0.582. The average Bonchev–Trinajstić information content (AvgIpc) is 3.32. The number of hydrogen-bond donors (Lipinski definition) is 2. The SMILES string of the molecule is CCNC(=NCC(C)N1CCc2ccccc21)NC1CCN(C(=O)C(C)C)C1. The number of benzene rings is 1. The van der Waals surface area contributed by atoms with Crippen LogP contribution in [0.2, 0.25) is 0 Å². The van der Waals surface area contributed by atoms with Crippen LogP contribution in [-0.2, 0) is 11.2 Å². The molecule has 2 atom stereocenters. The Hall–Kier alpha value is -2.24. The molecule has 1 aromatic rings. The summed E-state index contributed by atoms with van der Waals surface area (Å²) in [6.07, 6.45) is 2.09. The number of hydrogen-bond acceptors (Lipinski definition) is 3. The van der Waals surface area contributed by atoms with Crippen molar-refractivity contribution < 1.29 is 4.79 Å². The smallest absolute Gasteiger partial charge is 0.225 e. The maximum atomic E-state index is 12.2. The van der Waals surface area contributed by atoms with Crippen molar-refractivity contribution >= 4 is 17.6 Å². The molecule has 154 valence electrons. The van der Waals surface area contributed by atoms with Gasteiger partial charge in [0.15, 0.2) is 5.96 Å². The van der Waals surface area contributed by atoms with Gasteiger partial charge in [0, 0.05) is 49.9 Å². The number of anilines is 1. The van der Waals surface area contributed by atoms with E-state index >= 15 is 0 Å². The van der Waals surface area contributed by atoms with Gasteiger partial charge in [-0.1, -0.05) is 32.0 Å². The summed E-state index contributed by atoms with van der Waals surface area (Å²) in [5.74, 6) is 1.16. The molecule has 1 fully saturated rings. The Balaban J connectivity index is 1.57. The van der Waals surface area contributed by atoms with Crippen LogP contribution >= 0.6 is 0 Å². The molecule has 2 N–H and O–H groups in total.